The Morgan fingerprint density at radius 3 is 3.00 bits per heavy atom. The van der Waals surface area contributed by atoms with Crippen molar-refractivity contribution in [3.63, 3.8) is 0 Å². The molecule has 7 nitrogen and oxygen atoms in total. The molecule has 0 unspecified atom stereocenters. The first kappa shape index (κ1) is 14.4. The molecule has 7 heteroatoms. The molecule has 0 aliphatic heterocycles. The van der Waals surface area contributed by atoms with Gasteiger partial charge in [-0.25, -0.2) is 15.0 Å². The predicted molar refractivity (Wildman–Crippen MR) is 84.2 cm³/mol. The van der Waals surface area contributed by atoms with Crippen LogP contribution in [-0.2, 0) is 16.1 Å². The van der Waals surface area contributed by atoms with Crippen LogP contribution in [0, 0.1) is 17.8 Å². The minimum absolute atomic E-state index is 0.000686. The zero-order valence-electron chi connectivity index (χ0n) is 13.0. The van der Waals surface area contributed by atoms with Gasteiger partial charge in [0.1, 0.15) is 11.8 Å². The van der Waals surface area contributed by atoms with Crippen molar-refractivity contribution in [2.75, 3.05) is 12.3 Å². The van der Waals surface area contributed by atoms with Crippen LogP contribution < -0.4 is 5.73 Å². The van der Waals surface area contributed by atoms with E-state index < -0.39 is 0 Å². The van der Waals surface area contributed by atoms with E-state index in [2.05, 4.69) is 15.0 Å². The van der Waals surface area contributed by atoms with Crippen molar-refractivity contribution >= 4 is 23.0 Å². The second kappa shape index (κ2) is 5.79. The highest BCUT2D eigenvalue weighted by Gasteiger charge is 2.43. The number of fused-ring (bicyclic) bond motifs is 3. The summed E-state index contributed by atoms with van der Waals surface area (Å²) in [5.74, 6) is 1.87. The third-order valence-electron chi connectivity index (χ3n) is 5.26. The molecule has 2 heterocycles. The molecule has 2 N–H and O–H groups in total. The summed E-state index contributed by atoms with van der Waals surface area (Å²) in [5.41, 5.74) is 7.10. The number of hydrogen-bond acceptors (Lipinski definition) is 6. The molecular formula is C16H21N5O2. The zero-order valence-corrected chi connectivity index (χ0v) is 13.0. The van der Waals surface area contributed by atoms with Crippen LogP contribution in [0.1, 0.15) is 32.1 Å². The fourth-order valence-corrected chi connectivity index (χ4v) is 4.11. The van der Waals surface area contributed by atoms with Crippen molar-refractivity contribution in [2.45, 2.75) is 38.6 Å². The van der Waals surface area contributed by atoms with E-state index in [9.17, 15) is 4.79 Å². The number of nitrogens with two attached hydrogens (primary N) is 1. The summed E-state index contributed by atoms with van der Waals surface area (Å²) in [7, 11) is 0. The average Bonchev–Trinajstić information content (AvgIpc) is 3.27. The van der Waals surface area contributed by atoms with Crippen LogP contribution in [0.25, 0.3) is 11.2 Å². The fraction of sp³-hybridized carbons (Fsp3) is 0.625. The van der Waals surface area contributed by atoms with E-state index in [4.69, 9.17) is 10.5 Å². The van der Waals surface area contributed by atoms with Gasteiger partial charge in [0, 0.05) is 6.54 Å². The topological polar surface area (TPSA) is 95.9 Å². The Labute approximate surface area is 134 Å². The van der Waals surface area contributed by atoms with Crippen LogP contribution in [0.2, 0.25) is 0 Å². The van der Waals surface area contributed by atoms with Gasteiger partial charge in [-0.1, -0.05) is 6.42 Å². The minimum atomic E-state index is -0.000686. The van der Waals surface area contributed by atoms with Gasteiger partial charge in [0.25, 0.3) is 0 Å². The van der Waals surface area contributed by atoms with Gasteiger partial charge in [0.05, 0.1) is 18.9 Å². The molecule has 2 bridgehead atoms. The second-order valence-corrected chi connectivity index (χ2v) is 6.67. The van der Waals surface area contributed by atoms with Crippen LogP contribution in [0.15, 0.2) is 12.7 Å². The number of aryl methyl sites for hydroxylation is 1. The maximum absolute atomic E-state index is 12.2. The number of carbonyl (C=O) groups is 1. The third kappa shape index (κ3) is 2.64. The van der Waals surface area contributed by atoms with Crippen molar-refractivity contribution in [3.05, 3.63) is 12.7 Å². The number of imidazole rings is 1. The molecular weight excluding hydrogens is 294 g/mol. The molecule has 2 saturated carbocycles. The number of nitrogen functional groups attached to an aromatic ring is 1. The Morgan fingerprint density at radius 1 is 1.30 bits per heavy atom. The van der Waals surface area contributed by atoms with Crippen molar-refractivity contribution in [1.29, 1.82) is 0 Å². The molecule has 2 fully saturated rings. The summed E-state index contributed by atoms with van der Waals surface area (Å²) in [6.45, 7) is 1.13. The molecule has 0 amide bonds. The van der Waals surface area contributed by atoms with Gasteiger partial charge in [0.15, 0.2) is 11.5 Å². The van der Waals surface area contributed by atoms with E-state index >= 15 is 0 Å². The van der Waals surface area contributed by atoms with Gasteiger partial charge in [-0.2, -0.15) is 0 Å². The zero-order chi connectivity index (χ0) is 15.8. The molecule has 122 valence electrons. The molecule has 0 aromatic carbocycles. The molecule has 0 spiro atoms. The van der Waals surface area contributed by atoms with Gasteiger partial charge in [-0.15, -0.1) is 0 Å². The smallest absolute Gasteiger partial charge is 0.309 e. The lowest BCUT2D eigenvalue weighted by molar-refractivity contribution is -0.150. The number of anilines is 1. The van der Waals surface area contributed by atoms with Crippen LogP contribution in [0.4, 0.5) is 5.82 Å². The average molecular weight is 315 g/mol. The number of esters is 1. The highest BCUT2D eigenvalue weighted by atomic mass is 16.5. The number of ether oxygens (including phenoxy) is 1. The Kier molecular flexibility index (Phi) is 3.63. The second-order valence-electron chi connectivity index (χ2n) is 6.67. The Hall–Kier alpha value is -2.18. The summed E-state index contributed by atoms with van der Waals surface area (Å²) >= 11 is 0. The third-order valence-corrected chi connectivity index (χ3v) is 5.26. The van der Waals surface area contributed by atoms with E-state index in [1.54, 1.807) is 6.33 Å². The number of nitrogens with zero attached hydrogens (tertiary/aromatic N) is 4. The lowest BCUT2D eigenvalue weighted by Gasteiger charge is -2.19. The summed E-state index contributed by atoms with van der Waals surface area (Å²) in [6, 6.07) is 0. The number of hydrogen-bond donors (Lipinski definition) is 1. The fourth-order valence-electron chi connectivity index (χ4n) is 4.11. The number of rotatable bonds is 5. The van der Waals surface area contributed by atoms with E-state index in [-0.39, 0.29) is 11.9 Å². The number of carbonyl (C=O) groups excluding carboxylic acids is 1. The molecule has 2 aliphatic rings. The first-order valence-electron chi connectivity index (χ1n) is 8.30. The minimum Gasteiger partial charge on any atom is -0.465 e. The van der Waals surface area contributed by atoms with Crippen molar-refractivity contribution in [2.24, 2.45) is 17.8 Å². The van der Waals surface area contributed by atoms with Gasteiger partial charge >= 0.3 is 5.97 Å². The summed E-state index contributed by atoms with van der Waals surface area (Å²) in [6.07, 6.45) is 8.63. The van der Waals surface area contributed by atoms with E-state index in [1.807, 2.05) is 4.57 Å². The summed E-state index contributed by atoms with van der Waals surface area (Å²) < 4.78 is 7.40. The van der Waals surface area contributed by atoms with Crippen LogP contribution in [-0.4, -0.2) is 32.1 Å². The van der Waals surface area contributed by atoms with Crippen molar-refractivity contribution < 1.29 is 9.53 Å². The number of aromatic nitrogens is 4. The quantitative estimate of drug-likeness (QED) is 0.667. The molecule has 2 aromatic heterocycles. The van der Waals surface area contributed by atoms with E-state index in [0.29, 0.717) is 30.4 Å². The first-order valence-corrected chi connectivity index (χ1v) is 8.30. The van der Waals surface area contributed by atoms with E-state index in [0.717, 1.165) is 24.4 Å². The van der Waals surface area contributed by atoms with Crippen molar-refractivity contribution in [1.82, 2.24) is 19.5 Å². The van der Waals surface area contributed by atoms with Crippen molar-refractivity contribution in [3.8, 4) is 0 Å². The van der Waals surface area contributed by atoms with Crippen LogP contribution in [0.3, 0.4) is 0 Å². The highest BCUT2D eigenvalue weighted by molar-refractivity contribution is 5.81. The maximum atomic E-state index is 12.2. The summed E-state index contributed by atoms with van der Waals surface area (Å²) in [4.78, 5) is 24.5. The molecule has 4 rings (SSSR count). The summed E-state index contributed by atoms with van der Waals surface area (Å²) in [5, 5.41) is 0. The van der Waals surface area contributed by atoms with Gasteiger partial charge in [-0.05, 0) is 37.5 Å². The van der Waals surface area contributed by atoms with Gasteiger partial charge in [-0.3, -0.25) is 4.79 Å². The molecule has 3 atom stereocenters. The standard InChI is InChI=1S/C16H21N5O2/c17-14-13-15(19-8-18-14)21(9-20-13)4-1-5-23-16(22)12-7-10-2-3-11(12)6-10/h8-12H,1-7H2,(H2,17,18,19)/t10-,11-,12-/m0/s1. The SMILES string of the molecule is Nc1ncnc2c1ncn2CCCOC(=O)[C@H]1C[C@H]2CC[C@H]1C2. The highest BCUT2D eigenvalue weighted by Crippen LogP contribution is 2.48. The molecule has 0 radical (unpaired) electrons. The normalized spacial score (nSPS) is 26.0. The molecule has 0 saturated heterocycles. The first-order chi connectivity index (χ1) is 11.2. The molecule has 2 aromatic rings. The molecule has 23 heavy (non-hydrogen) atoms. The lowest BCUT2D eigenvalue weighted by Crippen LogP contribution is -2.23. The van der Waals surface area contributed by atoms with Crippen LogP contribution in [0.5, 0.6) is 0 Å². The van der Waals surface area contributed by atoms with Crippen LogP contribution >= 0.6 is 0 Å². The Morgan fingerprint density at radius 2 is 2.22 bits per heavy atom. The van der Waals surface area contributed by atoms with Gasteiger partial charge in [0.2, 0.25) is 0 Å². The van der Waals surface area contributed by atoms with Gasteiger partial charge < -0.3 is 15.0 Å². The lowest BCUT2D eigenvalue weighted by atomic mass is 9.89. The monoisotopic (exact) mass is 315 g/mol. The van der Waals surface area contributed by atoms with E-state index in [1.165, 1.54) is 25.6 Å². The molecule has 2 aliphatic carbocycles. The Balaban J connectivity index is 1.28. The predicted octanol–water partition coefficient (Wildman–Crippen LogP) is 1.78. The Bertz CT molecular complexity index is 728. The maximum Gasteiger partial charge on any atom is 0.309 e. The largest absolute Gasteiger partial charge is 0.465 e.